The molecule has 0 bridgehead atoms. The fraction of sp³-hybridized carbons (Fsp3) is 0.214. The quantitative estimate of drug-likeness (QED) is 0.845. The number of amides is 1. The van der Waals surface area contributed by atoms with Crippen LogP contribution < -0.4 is 0 Å². The molecule has 1 heterocycles. The number of hydrogen-bond donors (Lipinski definition) is 0. The molecule has 1 atom stereocenters. The monoisotopic (exact) mass is 273 g/mol. The Balaban J connectivity index is 2.47. The predicted octanol–water partition coefficient (Wildman–Crippen LogP) is 2.87. The van der Waals surface area contributed by atoms with E-state index in [1.165, 1.54) is 11.0 Å². The Morgan fingerprint density at radius 2 is 2.16 bits per heavy atom. The number of para-hydroxylation sites is 1. The van der Waals surface area contributed by atoms with Crippen LogP contribution in [-0.4, -0.2) is 28.9 Å². The van der Waals surface area contributed by atoms with Crippen molar-refractivity contribution in [3.63, 3.8) is 0 Å². The fourth-order valence-electron chi connectivity index (χ4n) is 1.69. The van der Waals surface area contributed by atoms with E-state index in [2.05, 4.69) is 4.98 Å². The third-order valence-corrected chi connectivity index (χ3v) is 3.29. The highest BCUT2D eigenvalue weighted by atomic mass is 35.5. The molecule has 4 nitrogen and oxygen atoms in total. The van der Waals surface area contributed by atoms with E-state index in [0.717, 1.165) is 5.39 Å². The van der Waals surface area contributed by atoms with Gasteiger partial charge in [-0.3, -0.25) is 4.79 Å². The summed E-state index contributed by atoms with van der Waals surface area (Å²) in [4.78, 5) is 17.8. The summed E-state index contributed by atoms with van der Waals surface area (Å²) in [5, 5.41) is 10.1. The van der Waals surface area contributed by atoms with Gasteiger partial charge in [0.2, 0.25) is 0 Å². The molecule has 96 valence electrons. The van der Waals surface area contributed by atoms with Gasteiger partial charge in [-0.2, -0.15) is 5.26 Å². The molecule has 0 saturated carbocycles. The van der Waals surface area contributed by atoms with E-state index in [4.69, 9.17) is 16.9 Å². The van der Waals surface area contributed by atoms with Gasteiger partial charge < -0.3 is 4.90 Å². The molecule has 0 aliphatic rings. The van der Waals surface area contributed by atoms with E-state index in [0.29, 0.717) is 10.5 Å². The average Bonchev–Trinajstić information content (AvgIpc) is 2.44. The second-order valence-corrected chi connectivity index (χ2v) is 4.63. The Morgan fingerprint density at radius 3 is 2.84 bits per heavy atom. The summed E-state index contributed by atoms with van der Waals surface area (Å²) >= 11 is 6.15. The molecule has 0 radical (unpaired) electrons. The van der Waals surface area contributed by atoms with Crippen LogP contribution >= 0.6 is 11.6 Å². The molecule has 0 saturated heterocycles. The van der Waals surface area contributed by atoms with Crippen LogP contribution in [0, 0.1) is 11.3 Å². The van der Waals surface area contributed by atoms with E-state index in [-0.39, 0.29) is 11.6 Å². The molecule has 1 aromatic carbocycles. The number of rotatable bonds is 2. The highest BCUT2D eigenvalue weighted by Gasteiger charge is 2.19. The Bertz CT molecular complexity index is 678. The summed E-state index contributed by atoms with van der Waals surface area (Å²) in [6.45, 7) is 1.65. The molecule has 0 aliphatic heterocycles. The third kappa shape index (κ3) is 2.51. The van der Waals surface area contributed by atoms with Crippen LogP contribution in [0.3, 0.4) is 0 Å². The lowest BCUT2D eigenvalue weighted by atomic mass is 10.2. The maximum Gasteiger partial charge on any atom is 0.273 e. The molecular formula is C14H12ClN3O. The summed E-state index contributed by atoms with van der Waals surface area (Å²) in [5.41, 5.74) is 0.907. The van der Waals surface area contributed by atoms with E-state index in [9.17, 15) is 4.79 Å². The van der Waals surface area contributed by atoms with Crippen LogP contribution in [0.25, 0.3) is 10.9 Å². The van der Waals surface area contributed by atoms with Crippen LogP contribution in [-0.2, 0) is 0 Å². The van der Waals surface area contributed by atoms with Gasteiger partial charge in [0.05, 0.1) is 16.6 Å². The highest BCUT2D eigenvalue weighted by Crippen LogP contribution is 2.23. The highest BCUT2D eigenvalue weighted by molar-refractivity contribution is 6.35. The van der Waals surface area contributed by atoms with Gasteiger partial charge in [0.25, 0.3) is 5.91 Å². The molecule has 5 heteroatoms. The molecule has 1 unspecified atom stereocenters. The van der Waals surface area contributed by atoms with Crippen molar-refractivity contribution in [3.05, 3.63) is 41.0 Å². The largest absolute Gasteiger partial charge is 0.325 e. The number of fused-ring (bicyclic) bond motifs is 1. The van der Waals surface area contributed by atoms with E-state index < -0.39 is 6.04 Å². The van der Waals surface area contributed by atoms with E-state index in [1.807, 2.05) is 24.3 Å². The zero-order valence-corrected chi connectivity index (χ0v) is 11.3. The number of nitrogens with zero attached hydrogens (tertiary/aromatic N) is 3. The summed E-state index contributed by atoms with van der Waals surface area (Å²) in [6.07, 6.45) is 0. The number of hydrogen-bond acceptors (Lipinski definition) is 3. The molecule has 0 N–H and O–H groups in total. The summed E-state index contributed by atoms with van der Waals surface area (Å²) in [7, 11) is 1.57. The first kappa shape index (κ1) is 13.3. The lowest BCUT2D eigenvalue weighted by Gasteiger charge is -2.19. The molecule has 1 aromatic heterocycles. The van der Waals surface area contributed by atoms with E-state index in [1.54, 1.807) is 20.0 Å². The fourth-order valence-corrected chi connectivity index (χ4v) is 1.95. The van der Waals surface area contributed by atoms with Gasteiger partial charge in [-0.05, 0) is 19.1 Å². The van der Waals surface area contributed by atoms with Gasteiger partial charge in [0, 0.05) is 12.4 Å². The van der Waals surface area contributed by atoms with Crippen molar-refractivity contribution in [2.75, 3.05) is 7.05 Å². The number of aromatic nitrogens is 1. The minimum absolute atomic E-state index is 0.244. The normalized spacial score (nSPS) is 11.9. The molecule has 0 spiro atoms. The first-order chi connectivity index (χ1) is 9.04. The zero-order valence-electron chi connectivity index (χ0n) is 10.6. The first-order valence-corrected chi connectivity index (χ1v) is 6.14. The lowest BCUT2D eigenvalue weighted by molar-refractivity contribution is 0.0767. The minimum Gasteiger partial charge on any atom is -0.325 e. The van der Waals surface area contributed by atoms with Crippen molar-refractivity contribution in [3.8, 4) is 6.07 Å². The van der Waals surface area contributed by atoms with Crippen molar-refractivity contribution >= 4 is 28.4 Å². The number of benzene rings is 1. The van der Waals surface area contributed by atoms with Crippen molar-refractivity contribution in [1.82, 2.24) is 9.88 Å². The predicted molar refractivity (Wildman–Crippen MR) is 73.9 cm³/mol. The van der Waals surface area contributed by atoms with Crippen LogP contribution in [0.4, 0.5) is 0 Å². The average molecular weight is 274 g/mol. The van der Waals surface area contributed by atoms with Gasteiger partial charge in [-0.25, -0.2) is 4.98 Å². The molecule has 0 fully saturated rings. The van der Waals surface area contributed by atoms with Crippen LogP contribution in [0.15, 0.2) is 30.3 Å². The maximum atomic E-state index is 12.2. The van der Waals surface area contributed by atoms with Gasteiger partial charge in [-0.15, -0.1) is 0 Å². The second kappa shape index (κ2) is 5.25. The number of nitriles is 1. The molecule has 1 amide bonds. The maximum absolute atomic E-state index is 12.2. The second-order valence-electron chi connectivity index (χ2n) is 4.23. The summed E-state index contributed by atoms with van der Waals surface area (Å²) in [5.74, 6) is -0.318. The number of carbonyl (C=O) groups is 1. The number of carbonyl (C=O) groups excluding carboxylic acids is 1. The Hall–Kier alpha value is -2.12. The molecule has 19 heavy (non-hydrogen) atoms. The van der Waals surface area contributed by atoms with Crippen molar-refractivity contribution in [2.24, 2.45) is 0 Å². The summed E-state index contributed by atoms with van der Waals surface area (Å²) < 4.78 is 0. The zero-order chi connectivity index (χ0) is 14.0. The van der Waals surface area contributed by atoms with Crippen LogP contribution in [0.2, 0.25) is 5.02 Å². The first-order valence-electron chi connectivity index (χ1n) is 5.76. The van der Waals surface area contributed by atoms with Gasteiger partial charge in [-0.1, -0.05) is 29.8 Å². The SMILES string of the molecule is CC(C#N)N(C)C(=O)c1cc(Cl)c2ccccc2n1. The van der Waals surface area contributed by atoms with Gasteiger partial charge >= 0.3 is 0 Å². The van der Waals surface area contributed by atoms with Gasteiger partial charge in [0.15, 0.2) is 0 Å². The Morgan fingerprint density at radius 1 is 1.47 bits per heavy atom. The molecular weight excluding hydrogens is 262 g/mol. The number of pyridine rings is 1. The Labute approximate surface area is 116 Å². The molecule has 2 rings (SSSR count). The standard InChI is InChI=1S/C14H12ClN3O/c1-9(8-16)18(2)14(19)13-7-11(15)10-5-3-4-6-12(10)17-13/h3-7,9H,1-2H3. The van der Waals surface area contributed by atoms with Crippen molar-refractivity contribution in [1.29, 1.82) is 5.26 Å². The van der Waals surface area contributed by atoms with Crippen LogP contribution in [0.5, 0.6) is 0 Å². The summed E-state index contributed by atoms with van der Waals surface area (Å²) in [6, 6.07) is 10.4. The third-order valence-electron chi connectivity index (χ3n) is 2.97. The molecule has 2 aromatic rings. The van der Waals surface area contributed by atoms with E-state index >= 15 is 0 Å². The lowest BCUT2D eigenvalue weighted by Crippen LogP contribution is -2.34. The molecule has 0 aliphatic carbocycles. The smallest absolute Gasteiger partial charge is 0.273 e. The topological polar surface area (TPSA) is 57.0 Å². The minimum atomic E-state index is -0.514. The Kier molecular flexibility index (Phi) is 3.68. The van der Waals surface area contributed by atoms with Crippen molar-refractivity contribution in [2.45, 2.75) is 13.0 Å². The van der Waals surface area contributed by atoms with Gasteiger partial charge in [0.1, 0.15) is 11.7 Å². The van der Waals surface area contributed by atoms with Crippen molar-refractivity contribution < 1.29 is 4.79 Å². The number of halogens is 1. The van der Waals surface area contributed by atoms with Crippen LogP contribution in [0.1, 0.15) is 17.4 Å².